The molecule has 0 spiro atoms. The lowest BCUT2D eigenvalue weighted by atomic mass is 9.88. The van der Waals surface area contributed by atoms with Crippen LogP contribution in [0, 0.1) is 5.41 Å². The minimum atomic E-state index is -4.54. The van der Waals surface area contributed by atoms with Crippen LogP contribution in [0.5, 0.6) is 0 Å². The lowest BCUT2D eigenvalue weighted by Crippen LogP contribution is -2.54. The summed E-state index contributed by atoms with van der Waals surface area (Å²) in [7, 11) is -3.18. The molecule has 0 aromatic rings. The van der Waals surface area contributed by atoms with Crippen LogP contribution in [0.4, 0.5) is 18.0 Å². The number of nitrogens with one attached hydrogen (secondary N) is 1. The Morgan fingerprint density at radius 3 is 2.05 bits per heavy atom. The summed E-state index contributed by atoms with van der Waals surface area (Å²) in [5.41, 5.74) is -0.599. The topological polar surface area (TPSA) is 66.5 Å². The fourth-order valence-corrected chi connectivity index (χ4v) is 3.22. The van der Waals surface area contributed by atoms with Gasteiger partial charge in [0.25, 0.3) is 0 Å². The van der Waals surface area contributed by atoms with E-state index < -0.39 is 33.5 Å². The first-order valence-electron chi connectivity index (χ1n) is 6.63. The number of rotatable bonds is 2. The SMILES string of the molecule is CC(C)(C)C[C@H](NC(=O)N1CCS(=O)(=O)CC1)C(F)(F)F. The Morgan fingerprint density at radius 1 is 1.19 bits per heavy atom. The van der Waals surface area contributed by atoms with Gasteiger partial charge in [0.2, 0.25) is 0 Å². The molecule has 1 fully saturated rings. The molecule has 1 heterocycles. The number of carbonyl (C=O) groups is 1. The molecule has 2 amide bonds. The number of carbonyl (C=O) groups excluding carboxylic acids is 1. The summed E-state index contributed by atoms with van der Waals surface area (Å²) >= 11 is 0. The molecular formula is C12H21F3N2O3S. The van der Waals surface area contributed by atoms with Gasteiger partial charge in [0.15, 0.2) is 9.84 Å². The first-order chi connectivity index (χ1) is 9.30. The smallest absolute Gasteiger partial charge is 0.326 e. The van der Waals surface area contributed by atoms with E-state index in [1.807, 2.05) is 5.32 Å². The Kier molecular flexibility index (Phi) is 5.18. The lowest BCUT2D eigenvalue weighted by molar-refractivity contribution is -0.159. The van der Waals surface area contributed by atoms with Crippen LogP contribution in [0.3, 0.4) is 0 Å². The molecule has 1 rings (SSSR count). The largest absolute Gasteiger partial charge is 0.408 e. The van der Waals surface area contributed by atoms with E-state index in [-0.39, 0.29) is 31.0 Å². The molecule has 21 heavy (non-hydrogen) atoms. The van der Waals surface area contributed by atoms with E-state index >= 15 is 0 Å². The van der Waals surface area contributed by atoms with Crippen LogP contribution in [0.25, 0.3) is 0 Å². The second-order valence-electron chi connectivity index (χ2n) is 6.45. The normalized spacial score (nSPS) is 21.0. The van der Waals surface area contributed by atoms with Crippen LogP contribution in [0.15, 0.2) is 0 Å². The third kappa shape index (κ3) is 6.11. The average Bonchev–Trinajstić information content (AvgIpc) is 2.24. The van der Waals surface area contributed by atoms with Crippen molar-refractivity contribution in [3.05, 3.63) is 0 Å². The van der Waals surface area contributed by atoms with Crippen molar-refractivity contribution in [2.45, 2.75) is 39.4 Å². The predicted octanol–water partition coefficient (Wildman–Crippen LogP) is 1.79. The molecule has 0 bridgehead atoms. The zero-order chi connectivity index (χ0) is 16.5. The van der Waals surface area contributed by atoms with Gasteiger partial charge in [-0.25, -0.2) is 13.2 Å². The predicted molar refractivity (Wildman–Crippen MR) is 72.7 cm³/mol. The van der Waals surface area contributed by atoms with E-state index in [1.54, 1.807) is 20.8 Å². The molecule has 0 saturated carbocycles. The van der Waals surface area contributed by atoms with Crippen molar-refractivity contribution < 1.29 is 26.4 Å². The van der Waals surface area contributed by atoms with Crippen molar-refractivity contribution in [2.75, 3.05) is 24.6 Å². The van der Waals surface area contributed by atoms with Crippen LogP contribution in [-0.4, -0.2) is 56.2 Å². The van der Waals surface area contributed by atoms with E-state index in [0.717, 1.165) is 4.90 Å². The van der Waals surface area contributed by atoms with Gasteiger partial charge >= 0.3 is 12.2 Å². The summed E-state index contributed by atoms with van der Waals surface area (Å²) in [4.78, 5) is 13.0. The Balaban J connectivity index is 2.69. The minimum absolute atomic E-state index is 0.0751. The summed E-state index contributed by atoms with van der Waals surface area (Å²) in [5.74, 6) is -0.424. The van der Waals surface area contributed by atoms with Crippen molar-refractivity contribution in [2.24, 2.45) is 5.41 Å². The molecule has 0 radical (unpaired) electrons. The van der Waals surface area contributed by atoms with Crippen molar-refractivity contribution >= 4 is 15.9 Å². The monoisotopic (exact) mass is 330 g/mol. The van der Waals surface area contributed by atoms with Gasteiger partial charge < -0.3 is 10.2 Å². The summed E-state index contributed by atoms with van der Waals surface area (Å²) in [5, 5.41) is 1.98. The fourth-order valence-electron chi connectivity index (χ4n) is 2.02. The molecule has 0 aliphatic carbocycles. The van der Waals surface area contributed by atoms with Crippen LogP contribution < -0.4 is 5.32 Å². The molecule has 1 aliphatic rings. The van der Waals surface area contributed by atoms with Crippen LogP contribution in [0.1, 0.15) is 27.2 Å². The van der Waals surface area contributed by atoms with E-state index in [4.69, 9.17) is 0 Å². The van der Waals surface area contributed by atoms with Crippen molar-refractivity contribution in [1.29, 1.82) is 0 Å². The number of alkyl halides is 3. The highest BCUT2D eigenvalue weighted by molar-refractivity contribution is 7.91. The van der Waals surface area contributed by atoms with E-state index in [1.165, 1.54) is 0 Å². The van der Waals surface area contributed by atoms with Crippen molar-refractivity contribution in [3.63, 3.8) is 0 Å². The van der Waals surface area contributed by atoms with Gasteiger partial charge in [0.05, 0.1) is 11.5 Å². The van der Waals surface area contributed by atoms with E-state index in [0.29, 0.717) is 0 Å². The number of amides is 2. The third-order valence-electron chi connectivity index (χ3n) is 3.14. The molecule has 9 heteroatoms. The van der Waals surface area contributed by atoms with Gasteiger partial charge in [-0.3, -0.25) is 0 Å². The Hall–Kier alpha value is -0.990. The van der Waals surface area contributed by atoms with Gasteiger partial charge in [-0.2, -0.15) is 13.2 Å². The molecule has 1 N–H and O–H groups in total. The summed E-state index contributed by atoms with van der Waals surface area (Å²) in [6, 6.07) is -2.81. The van der Waals surface area contributed by atoms with Crippen molar-refractivity contribution in [3.8, 4) is 0 Å². The first kappa shape index (κ1) is 18.1. The van der Waals surface area contributed by atoms with Gasteiger partial charge in [0.1, 0.15) is 6.04 Å². The van der Waals surface area contributed by atoms with E-state index in [2.05, 4.69) is 0 Å². The second-order valence-corrected chi connectivity index (χ2v) is 8.75. The summed E-state index contributed by atoms with van der Waals surface area (Å²) in [6.07, 6.45) is -4.78. The molecule has 5 nitrogen and oxygen atoms in total. The number of halogens is 3. The first-order valence-corrected chi connectivity index (χ1v) is 8.45. The number of sulfone groups is 1. The number of hydrogen-bond acceptors (Lipinski definition) is 3. The Bertz CT molecular complexity index is 469. The molecule has 124 valence electrons. The molecule has 1 saturated heterocycles. The highest BCUT2D eigenvalue weighted by atomic mass is 32.2. The second kappa shape index (κ2) is 6.02. The highest BCUT2D eigenvalue weighted by Crippen LogP contribution is 2.30. The number of urea groups is 1. The summed E-state index contributed by atoms with van der Waals surface area (Å²) in [6.45, 7) is 4.82. The fraction of sp³-hybridized carbons (Fsp3) is 0.917. The summed E-state index contributed by atoms with van der Waals surface area (Å²) < 4.78 is 61.4. The van der Waals surface area contributed by atoms with Crippen molar-refractivity contribution in [1.82, 2.24) is 10.2 Å². The molecule has 1 atom stereocenters. The number of nitrogens with zero attached hydrogens (tertiary/aromatic N) is 1. The zero-order valence-electron chi connectivity index (χ0n) is 12.3. The van der Waals surface area contributed by atoms with E-state index in [9.17, 15) is 26.4 Å². The number of hydrogen-bond donors (Lipinski definition) is 1. The van der Waals surface area contributed by atoms with Gasteiger partial charge in [0, 0.05) is 13.1 Å². The van der Waals surface area contributed by atoms with Crippen LogP contribution >= 0.6 is 0 Å². The Morgan fingerprint density at radius 2 is 1.67 bits per heavy atom. The maximum Gasteiger partial charge on any atom is 0.408 e. The molecule has 0 aromatic carbocycles. The highest BCUT2D eigenvalue weighted by Gasteiger charge is 2.43. The molecule has 1 aliphatic heterocycles. The molecule has 0 aromatic heterocycles. The lowest BCUT2D eigenvalue weighted by Gasteiger charge is -2.32. The van der Waals surface area contributed by atoms with Gasteiger partial charge in [-0.05, 0) is 11.8 Å². The third-order valence-corrected chi connectivity index (χ3v) is 4.75. The van der Waals surface area contributed by atoms with Crippen LogP contribution in [-0.2, 0) is 9.84 Å². The van der Waals surface area contributed by atoms with Gasteiger partial charge in [-0.15, -0.1) is 0 Å². The maximum absolute atomic E-state index is 13.0. The standard InChI is InChI=1S/C12H21F3N2O3S/c1-11(2,3)8-9(12(13,14)15)16-10(18)17-4-6-21(19,20)7-5-17/h9H,4-8H2,1-3H3,(H,16,18)/t9-/m0/s1. The van der Waals surface area contributed by atoms with Crippen LogP contribution in [0.2, 0.25) is 0 Å². The Labute approximate surface area is 122 Å². The quantitative estimate of drug-likeness (QED) is 0.839. The zero-order valence-corrected chi connectivity index (χ0v) is 13.1. The molecule has 0 unspecified atom stereocenters. The van der Waals surface area contributed by atoms with Gasteiger partial charge in [-0.1, -0.05) is 20.8 Å². The average molecular weight is 330 g/mol. The molecular weight excluding hydrogens is 309 g/mol. The minimum Gasteiger partial charge on any atom is -0.326 e. The maximum atomic E-state index is 13.0.